The first-order valence-electron chi connectivity index (χ1n) is 11.3. The molecule has 3 atom stereocenters. The molecule has 1 unspecified atom stereocenters. The minimum atomic E-state index is -1.55. The fourth-order valence-electron chi connectivity index (χ4n) is 4.79. The summed E-state index contributed by atoms with van der Waals surface area (Å²) in [6.45, 7) is 9.91. The Hall–Kier alpha value is -2.20. The van der Waals surface area contributed by atoms with Crippen molar-refractivity contribution in [1.82, 2.24) is 10.2 Å². The van der Waals surface area contributed by atoms with Crippen molar-refractivity contribution in [3.8, 4) is 0 Å². The Labute approximate surface area is 190 Å². The highest BCUT2D eigenvalue weighted by molar-refractivity contribution is 5.90. The van der Waals surface area contributed by atoms with Crippen molar-refractivity contribution in [1.29, 1.82) is 0 Å². The monoisotopic (exact) mass is 460 g/mol. The molecule has 0 fully saturated rings. The number of hydrogen-bond donors (Lipinski definition) is 5. The number of carboxylic acid groups (broad SMARTS) is 4. The van der Waals surface area contributed by atoms with E-state index < -0.39 is 47.3 Å². The van der Waals surface area contributed by atoms with E-state index in [9.17, 15) is 29.4 Å². The zero-order chi connectivity index (χ0) is 25.1. The van der Waals surface area contributed by atoms with Gasteiger partial charge in [0.1, 0.15) is 11.6 Å². The molecule has 5 N–H and O–H groups in total. The third kappa shape index (κ3) is 6.65. The van der Waals surface area contributed by atoms with Crippen LogP contribution in [0.3, 0.4) is 0 Å². The van der Waals surface area contributed by atoms with Crippen LogP contribution < -0.4 is 5.32 Å². The minimum Gasteiger partial charge on any atom is -0.481 e. The van der Waals surface area contributed by atoms with Crippen LogP contribution in [0.2, 0.25) is 0 Å². The van der Waals surface area contributed by atoms with Gasteiger partial charge in [0.2, 0.25) is 0 Å². The summed E-state index contributed by atoms with van der Waals surface area (Å²) < 4.78 is 0. The van der Waals surface area contributed by atoms with Crippen LogP contribution in [-0.4, -0.2) is 80.4 Å². The molecule has 0 aromatic heterocycles. The van der Waals surface area contributed by atoms with E-state index in [1.54, 1.807) is 25.7 Å². The predicted molar refractivity (Wildman–Crippen MR) is 119 cm³/mol. The van der Waals surface area contributed by atoms with Gasteiger partial charge < -0.3 is 25.7 Å². The van der Waals surface area contributed by atoms with Gasteiger partial charge in [-0.1, -0.05) is 34.6 Å². The lowest BCUT2D eigenvalue weighted by Gasteiger charge is -2.50. The summed E-state index contributed by atoms with van der Waals surface area (Å²) in [7, 11) is 0. The number of carboxylic acids is 4. The van der Waals surface area contributed by atoms with E-state index in [4.69, 9.17) is 10.2 Å². The topological polar surface area (TPSA) is 164 Å². The first-order valence-corrected chi connectivity index (χ1v) is 11.3. The highest BCUT2D eigenvalue weighted by Gasteiger charge is 2.61. The van der Waals surface area contributed by atoms with Gasteiger partial charge in [0, 0.05) is 0 Å². The molecule has 0 rings (SSSR count). The van der Waals surface area contributed by atoms with E-state index in [0.717, 1.165) is 0 Å². The van der Waals surface area contributed by atoms with Gasteiger partial charge in [-0.2, -0.15) is 0 Å². The molecular formula is C22H40N2O8. The average Bonchev–Trinajstić information content (AvgIpc) is 2.72. The Morgan fingerprint density at radius 3 is 1.81 bits per heavy atom. The molecule has 0 aromatic carbocycles. The first kappa shape index (κ1) is 29.8. The van der Waals surface area contributed by atoms with Crippen molar-refractivity contribution in [2.45, 2.75) is 84.7 Å². The molecule has 0 heterocycles. The fourth-order valence-corrected chi connectivity index (χ4v) is 4.79. The molecule has 0 saturated carbocycles. The van der Waals surface area contributed by atoms with Crippen molar-refractivity contribution in [2.75, 3.05) is 19.6 Å². The van der Waals surface area contributed by atoms with E-state index in [0.29, 0.717) is 32.5 Å². The molecular weight excluding hydrogens is 420 g/mol. The Bertz CT molecular complexity index is 650. The summed E-state index contributed by atoms with van der Waals surface area (Å²) in [4.78, 5) is 48.5. The summed E-state index contributed by atoms with van der Waals surface area (Å²) in [5.41, 5.74) is -2.98. The SMILES string of the molecule is CCN(CCCC(C)CN[C@@H](CC(=O)O)C(=O)O)[C@](CC)(C(=O)O)C(CC)(CC)C(=O)O. The number of hydrogen-bond acceptors (Lipinski definition) is 6. The fraction of sp³-hybridized carbons (Fsp3) is 0.818. The quantitative estimate of drug-likeness (QED) is 0.205. The van der Waals surface area contributed by atoms with E-state index >= 15 is 0 Å². The van der Waals surface area contributed by atoms with E-state index in [1.165, 1.54) is 0 Å². The van der Waals surface area contributed by atoms with Crippen molar-refractivity contribution in [2.24, 2.45) is 11.3 Å². The molecule has 0 aliphatic rings. The lowest BCUT2D eigenvalue weighted by Crippen LogP contribution is -2.67. The molecule has 186 valence electrons. The van der Waals surface area contributed by atoms with Gasteiger partial charge in [0.05, 0.1) is 11.8 Å². The van der Waals surface area contributed by atoms with Gasteiger partial charge in [-0.3, -0.25) is 24.1 Å². The van der Waals surface area contributed by atoms with Gasteiger partial charge >= 0.3 is 23.9 Å². The van der Waals surface area contributed by atoms with Gasteiger partial charge in [-0.15, -0.1) is 0 Å². The molecule has 0 aliphatic heterocycles. The molecule has 0 aromatic rings. The van der Waals surface area contributed by atoms with Crippen LogP contribution in [0.4, 0.5) is 0 Å². The lowest BCUT2D eigenvalue weighted by molar-refractivity contribution is -0.180. The van der Waals surface area contributed by atoms with E-state index in [1.807, 2.05) is 13.8 Å². The third-order valence-electron chi connectivity index (χ3n) is 6.71. The molecule has 0 bridgehead atoms. The molecule has 0 radical (unpaired) electrons. The van der Waals surface area contributed by atoms with Crippen LogP contribution >= 0.6 is 0 Å². The summed E-state index contributed by atoms with van der Waals surface area (Å²) in [5.74, 6) is -4.65. The standard InChI is InChI=1S/C22H40N2O8/c1-6-21(7-2,19(29)30)22(8-3,20(31)32)24(9-4)12-10-11-15(5)14-23-16(18(27)28)13-17(25)26/h15-16,23H,6-14H2,1-5H3,(H,25,26)(H,27,28)(H,29,30)(H,31,32)/t15?,16-,22+/m0/s1. The number of carbonyl (C=O) groups is 4. The summed E-state index contributed by atoms with van der Waals surface area (Å²) in [5, 5.41) is 41.0. The smallest absolute Gasteiger partial charge is 0.325 e. The maximum absolute atomic E-state index is 12.5. The first-order chi connectivity index (χ1) is 14.9. The lowest BCUT2D eigenvalue weighted by atomic mass is 9.63. The van der Waals surface area contributed by atoms with Crippen molar-refractivity contribution >= 4 is 23.9 Å². The van der Waals surface area contributed by atoms with Gasteiger partial charge in [-0.05, 0) is 57.7 Å². The van der Waals surface area contributed by atoms with Crippen molar-refractivity contribution in [3.63, 3.8) is 0 Å². The summed E-state index contributed by atoms with van der Waals surface area (Å²) in [6, 6.07) is -1.17. The van der Waals surface area contributed by atoms with Gasteiger partial charge in [0.25, 0.3) is 0 Å². The Balaban J connectivity index is 5.37. The zero-order valence-electron chi connectivity index (χ0n) is 19.9. The molecule has 0 spiro atoms. The number of likely N-dealkylation sites (N-methyl/N-ethyl adjacent to an activating group) is 1. The van der Waals surface area contributed by atoms with E-state index in [2.05, 4.69) is 5.32 Å². The highest BCUT2D eigenvalue weighted by atomic mass is 16.4. The minimum absolute atomic E-state index is 0.0202. The normalized spacial score (nSPS) is 15.7. The molecule has 0 aliphatic carbocycles. The van der Waals surface area contributed by atoms with Crippen LogP contribution in [0.25, 0.3) is 0 Å². The van der Waals surface area contributed by atoms with Gasteiger partial charge in [-0.25, -0.2) is 0 Å². The van der Waals surface area contributed by atoms with Crippen molar-refractivity contribution in [3.05, 3.63) is 0 Å². The Morgan fingerprint density at radius 2 is 1.47 bits per heavy atom. The van der Waals surface area contributed by atoms with Crippen LogP contribution in [0.1, 0.15) is 73.1 Å². The summed E-state index contributed by atoms with van der Waals surface area (Å²) >= 11 is 0. The maximum atomic E-state index is 12.5. The highest BCUT2D eigenvalue weighted by Crippen LogP contribution is 2.45. The van der Waals surface area contributed by atoms with Crippen molar-refractivity contribution < 1.29 is 39.6 Å². The molecule has 32 heavy (non-hydrogen) atoms. The molecule has 0 amide bonds. The van der Waals surface area contributed by atoms with Crippen LogP contribution in [0.15, 0.2) is 0 Å². The van der Waals surface area contributed by atoms with Crippen LogP contribution in [-0.2, 0) is 19.2 Å². The number of nitrogens with zero attached hydrogens (tertiary/aromatic N) is 1. The zero-order valence-corrected chi connectivity index (χ0v) is 19.9. The number of aliphatic carboxylic acids is 4. The predicted octanol–water partition coefficient (Wildman–Crippen LogP) is 2.37. The molecule has 10 nitrogen and oxygen atoms in total. The number of nitrogens with one attached hydrogen (secondary N) is 1. The molecule has 0 saturated heterocycles. The third-order valence-corrected chi connectivity index (χ3v) is 6.71. The maximum Gasteiger partial charge on any atom is 0.325 e. The summed E-state index contributed by atoms with van der Waals surface area (Å²) in [6.07, 6.45) is 1.24. The Morgan fingerprint density at radius 1 is 0.906 bits per heavy atom. The van der Waals surface area contributed by atoms with E-state index in [-0.39, 0.29) is 25.2 Å². The van der Waals surface area contributed by atoms with Crippen LogP contribution in [0, 0.1) is 11.3 Å². The second kappa shape index (κ2) is 13.4. The largest absolute Gasteiger partial charge is 0.481 e. The van der Waals surface area contributed by atoms with Crippen LogP contribution in [0.5, 0.6) is 0 Å². The molecule has 10 heteroatoms. The average molecular weight is 461 g/mol. The second-order valence-corrected chi connectivity index (χ2v) is 8.34. The number of rotatable bonds is 18. The second-order valence-electron chi connectivity index (χ2n) is 8.34. The van der Waals surface area contributed by atoms with Gasteiger partial charge in [0.15, 0.2) is 0 Å². The Kier molecular flexibility index (Phi) is 12.5.